The fraction of sp³-hybridized carbons (Fsp3) is 0.0435. The molecule has 0 unspecified atom stereocenters. The number of aromatic nitrogens is 2. The Morgan fingerprint density at radius 2 is 1.79 bits per heavy atom. The predicted molar refractivity (Wildman–Crippen MR) is 113 cm³/mol. The van der Waals surface area contributed by atoms with Gasteiger partial charge in [0, 0.05) is 6.07 Å². The van der Waals surface area contributed by atoms with Gasteiger partial charge in [-0.2, -0.15) is 0 Å². The van der Waals surface area contributed by atoms with Crippen molar-refractivity contribution >= 4 is 23.1 Å². The topological polar surface area (TPSA) is 84.6 Å². The highest BCUT2D eigenvalue weighted by molar-refractivity contribution is 5.80. The maximum atomic E-state index is 13.2. The summed E-state index contributed by atoms with van der Waals surface area (Å²) in [6.07, 6.45) is 3.49. The maximum Gasteiger partial charge on any atom is 0.266 e. The minimum atomic E-state index is -0.232. The lowest BCUT2D eigenvalue weighted by atomic mass is 10.1. The Bertz CT molecular complexity index is 1290. The molecule has 3 aromatic carbocycles. The van der Waals surface area contributed by atoms with Crippen molar-refractivity contribution < 1.29 is 14.9 Å². The van der Waals surface area contributed by atoms with Gasteiger partial charge in [0.2, 0.25) is 0 Å². The van der Waals surface area contributed by atoms with Gasteiger partial charge in [0.25, 0.3) is 5.56 Å². The number of nitrogens with zero attached hydrogens (tertiary/aromatic N) is 2. The number of aromatic hydroxyl groups is 2. The molecule has 0 radical (unpaired) electrons. The maximum absolute atomic E-state index is 13.2. The van der Waals surface area contributed by atoms with Gasteiger partial charge >= 0.3 is 0 Å². The Kier molecular flexibility index (Phi) is 4.75. The summed E-state index contributed by atoms with van der Waals surface area (Å²) in [7, 11) is 1.48. The third-order valence-corrected chi connectivity index (χ3v) is 4.52. The number of methoxy groups -OCH3 is 1. The van der Waals surface area contributed by atoms with Crippen molar-refractivity contribution in [2.75, 3.05) is 7.11 Å². The van der Waals surface area contributed by atoms with Crippen molar-refractivity contribution in [2.45, 2.75) is 0 Å². The minimum Gasteiger partial charge on any atom is -0.508 e. The van der Waals surface area contributed by atoms with E-state index in [1.165, 1.54) is 23.8 Å². The normalized spacial score (nSPS) is 11.2. The van der Waals surface area contributed by atoms with Crippen LogP contribution in [0.3, 0.4) is 0 Å². The first-order valence-corrected chi connectivity index (χ1v) is 8.93. The Balaban J connectivity index is 1.91. The third-order valence-electron chi connectivity index (χ3n) is 4.52. The molecule has 4 rings (SSSR count). The summed E-state index contributed by atoms with van der Waals surface area (Å²) in [6.45, 7) is 0. The fourth-order valence-electron chi connectivity index (χ4n) is 3.11. The van der Waals surface area contributed by atoms with Crippen LogP contribution in [0.2, 0.25) is 0 Å². The molecule has 4 aromatic rings. The molecule has 0 amide bonds. The van der Waals surface area contributed by atoms with Crippen LogP contribution < -0.4 is 10.3 Å². The number of phenolic OH excluding ortho intramolecular Hbond substituents is 2. The van der Waals surface area contributed by atoms with E-state index in [2.05, 4.69) is 4.98 Å². The molecule has 0 saturated heterocycles. The van der Waals surface area contributed by atoms with E-state index >= 15 is 0 Å². The van der Waals surface area contributed by atoms with Crippen molar-refractivity contribution in [1.82, 2.24) is 9.55 Å². The van der Waals surface area contributed by atoms with Gasteiger partial charge in [-0.15, -0.1) is 0 Å². The number of rotatable bonds is 4. The van der Waals surface area contributed by atoms with Crippen molar-refractivity contribution in [3.8, 4) is 22.9 Å². The molecule has 144 valence electrons. The number of hydrogen-bond acceptors (Lipinski definition) is 5. The van der Waals surface area contributed by atoms with E-state index in [1.807, 2.05) is 6.07 Å². The molecule has 0 atom stereocenters. The summed E-state index contributed by atoms with van der Waals surface area (Å²) < 4.78 is 6.59. The molecule has 6 heteroatoms. The van der Waals surface area contributed by atoms with E-state index in [-0.39, 0.29) is 17.1 Å². The monoisotopic (exact) mass is 386 g/mol. The third kappa shape index (κ3) is 3.55. The number of para-hydroxylation sites is 1. The molecule has 29 heavy (non-hydrogen) atoms. The van der Waals surface area contributed by atoms with Crippen LogP contribution in [-0.2, 0) is 0 Å². The van der Waals surface area contributed by atoms with Crippen molar-refractivity contribution in [1.29, 1.82) is 0 Å². The van der Waals surface area contributed by atoms with Crippen LogP contribution in [0.4, 0.5) is 0 Å². The van der Waals surface area contributed by atoms with Gasteiger partial charge in [0.05, 0.1) is 23.7 Å². The molecule has 1 heterocycles. The summed E-state index contributed by atoms with van der Waals surface area (Å²) >= 11 is 0. The van der Waals surface area contributed by atoms with Crippen LogP contribution in [-0.4, -0.2) is 26.9 Å². The summed E-state index contributed by atoms with van der Waals surface area (Å²) in [6, 6.07) is 18.5. The second kappa shape index (κ2) is 7.52. The van der Waals surface area contributed by atoms with Crippen LogP contribution in [0.25, 0.3) is 28.7 Å². The molecule has 0 aliphatic rings. The summed E-state index contributed by atoms with van der Waals surface area (Å²) in [5.74, 6) is 0.862. The lowest BCUT2D eigenvalue weighted by Crippen LogP contribution is -2.22. The van der Waals surface area contributed by atoms with Gasteiger partial charge in [-0.1, -0.05) is 30.3 Å². The molecule has 0 bridgehead atoms. The molecular formula is C23H18N2O4. The van der Waals surface area contributed by atoms with Gasteiger partial charge < -0.3 is 14.9 Å². The molecular weight excluding hydrogens is 368 g/mol. The zero-order valence-corrected chi connectivity index (χ0v) is 15.6. The first-order valence-electron chi connectivity index (χ1n) is 8.93. The lowest BCUT2D eigenvalue weighted by molar-refractivity contribution is 0.373. The number of ether oxygens (including phenoxy) is 1. The molecule has 0 fully saturated rings. The number of hydrogen-bond donors (Lipinski definition) is 2. The average Bonchev–Trinajstić information content (AvgIpc) is 2.73. The van der Waals surface area contributed by atoms with E-state index < -0.39 is 0 Å². The van der Waals surface area contributed by atoms with Gasteiger partial charge in [0.15, 0.2) is 11.5 Å². The van der Waals surface area contributed by atoms with Crippen LogP contribution in [0.15, 0.2) is 71.5 Å². The molecule has 0 spiro atoms. The number of fused-ring (bicyclic) bond motifs is 1. The first kappa shape index (κ1) is 18.3. The van der Waals surface area contributed by atoms with Gasteiger partial charge in [-0.25, -0.2) is 4.98 Å². The highest BCUT2D eigenvalue weighted by Crippen LogP contribution is 2.27. The zero-order valence-electron chi connectivity index (χ0n) is 15.6. The highest BCUT2D eigenvalue weighted by atomic mass is 16.5. The molecule has 2 N–H and O–H groups in total. The summed E-state index contributed by atoms with van der Waals surface area (Å²) in [5.41, 5.74) is 1.63. The lowest BCUT2D eigenvalue weighted by Gasteiger charge is -2.12. The van der Waals surface area contributed by atoms with E-state index in [9.17, 15) is 15.0 Å². The Hall–Kier alpha value is -4.06. The van der Waals surface area contributed by atoms with Crippen LogP contribution in [0.1, 0.15) is 11.4 Å². The summed E-state index contributed by atoms with van der Waals surface area (Å²) in [4.78, 5) is 17.8. The second-order valence-electron chi connectivity index (χ2n) is 6.41. The van der Waals surface area contributed by atoms with Gasteiger partial charge in [0.1, 0.15) is 11.6 Å². The molecule has 6 nitrogen and oxygen atoms in total. The average molecular weight is 386 g/mol. The quantitative estimate of drug-likeness (QED) is 0.554. The first-order chi connectivity index (χ1) is 14.1. The van der Waals surface area contributed by atoms with E-state index in [1.54, 1.807) is 60.7 Å². The summed E-state index contributed by atoms with van der Waals surface area (Å²) in [5, 5.41) is 20.1. The minimum absolute atomic E-state index is 0.0464. The van der Waals surface area contributed by atoms with E-state index in [0.717, 1.165) is 5.56 Å². The van der Waals surface area contributed by atoms with Gasteiger partial charge in [-0.3, -0.25) is 9.36 Å². The van der Waals surface area contributed by atoms with Crippen LogP contribution in [0.5, 0.6) is 17.2 Å². The molecule has 1 aromatic heterocycles. The van der Waals surface area contributed by atoms with E-state index in [0.29, 0.717) is 28.2 Å². The molecule has 0 aliphatic carbocycles. The van der Waals surface area contributed by atoms with Crippen molar-refractivity contribution in [2.24, 2.45) is 0 Å². The predicted octanol–water partition coefficient (Wildman–Crippen LogP) is 3.98. The molecule has 0 saturated carbocycles. The largest absolute Gasteiger partial charge is 0.508 e. The van der Waals surface area contributed by atoms with Crippen molar-refractivity contribution in [3.63, 3.8) is 0 Å². The Labute approximate surface area is 166 Å². The van der Waals surface area contributed by atoms with Gasteiger partial charge in [-0.05, 0) is 48.0 Å². The highest BCUT2D eigenvalue weighted by Gasteiger charge is 2.11. The van der Waals surface area contributed by atoms with Crippen LogP contribution in [0, 0.1) is 0 Å². The smallest absolute Gasteiger partial charge is 0.266 e. The number of benzene rings is 3. The SMILES string of the molecule is COc1cc(C=Cc2nc3ccccc3c(=O)n2-c2cccc(O)c2)ccc1O. The standard InChI is InChI=1S/C23H18N2O4/c1-29-21-13-15(9-11-20(21)27)10-12-22-24-19-8-3-2-7-18(19)23(28)25(22)16-5-4-6-17(26)14-16/h2-14,26-27H,1H3. The van der Waals surface area contributed by atoms with Crippen molar-refractivity contribution in [3.05, 3.63) is 88.5 Å². The zero-order chi connectivity index (χ0) is 20.4. The Morgan fingerprint density at radius 1 is 0.966 bits per heavy atom. The molecule has 0 aliphatic heterocycles. The fourth-order valence-corrected chi connectivity index (χ4v) is 3.11. The van der Waals surface area contributed by atoms with Crippen LogP contribution >= 0.6 is 0 Å². The Morgan fingerprint density at radius 3 is 2.59 bits per heavy atom. The van der Waals surface area contributed by atoms with E-state index in [4.69, 9.17) is 4.74 Å². The number of phenols is 2. The second-order valence-corrected chi connectivity index (χ2v) is 6.41.